The van der Waals surface area contributed by atoms with Crippen LogP contribution in [0.5, 0.6) is 0 Å². The Morgan fingerprint density at radius 3 is 2.19 bits per heavy atom. The van der Waals surface area contributed by atoms with Crippen LogP contribution in [-0.2, 0) is 10.0 Å². The number of aliphatic hydroxyl groups is 1. The highest BCUT2D eigenvalue weighted by Crippen LogP contribution is 2.26. The molecule has 0 amide bonds. The molecule has 1 rings (SSSR count). The van der Waals surface area contributed by atoms with Crippen molar-refractivity contribution in [1.29, 1.82) is 0 Å². The lowest BCUT2D eigenvalue weighted by Gasteiger charge is -2.37. The van der Waals surface area contributed by atoms with Gasteiger partial charge in [0.2, 0.25) is 10.0 Å². The normalized spacial score (nSPS) is 13.2. The van der Waals surface area contributed by atoms with Crippen LogP contribution in [0.25, 0.3) is 0 Å². The molecule has 0 saturated heterocycles. The predicted octanol–water partition coefficient (Wildman–Crippen LogP) is 1.56. The quantitative estimate of drug-likeness (QED) is 0.632. The summed E-state index contributed by atoms with van der Waals surface area (Å²) in [6.07, 6.45) is 0. The molecule has 2 N–H and O–H groups in total. The molecule has 1 aromatic carbocycles. The van der Waals surface area contributed by atoms with Crippen LogP contribution >= 0.6 is 0 Å². The minimum Gasteiger partial charge on any atom is -0.389 e. The smallest absolute Gasteiger partial charge is 0.272 e. The van der Waals surface area contributed by atoms with E-state index < -0.39 is 42.5 Å². The number of nitro benzene ring substituents is 1. The van der Waals surface area contributed by atoms with Crippen molar-refractivity contribution in [2.75, 3.05) is 0 Å². The highest BCUT2D eigenvalue weighted by atomic mass is 32.2. The summed E-state index contributed by atoms with van der Waals surface area (Å²) in [6, 6.07) is 2.25. The molecule has 0 spiro atoms. The molecule has 0 atom stereocenters. The molecule has 21 heavy (non-hydrogen) atoms. The van der Waals surface area contributed by atoms with Crippen molar-refractivity contribution in [3.63, 3.8) is 0 Å². The zero-order valence-electron chi connectivity index (χ0n) is 12.0. The summed E-state index contributed by atoms with van der Waals surface area (Å²) in [4.78, 5) is 8.97. The van der Waals surface area contributed by atoms with Gasteiger partial charge in [0.1, 0.15) is 10.7 Å². The molecule has 0 radical (unpaired) electrons. The Labute approximate surface area is 122 Å². The number of halogens is 1. The lowest BCUT2D eigenvalue weighted by atomic mass is 9.87. The summed E-state index contributed by atoms with van der Waals surface area (Å²) in [5.41, 5.74) is -3.23. The fourth-order valence-electron chi connectivity index (χ4n) is 1.34. The largest absolute Gasteiger partial charge is 0.389 e. The Bertz CT molecular complexity index is 665. The maximum Gasteiger partial charge on any atom is 0.272 e. The zero-order chi connectivity index (χ0) is 16.6. The lowest BCUT2D eigenvalue weighted by Crippen LogP contribution is -2.57. The van der Waals surface area contributed by atoms with Crippen molar-refractivity contribution in [3.8, 4) is 0 Å². The summed E-state index contributed by atoms with van der Waals surface area (Å²) < 4.78 is 40.3. The van der Waals surface area contributed by atoms with E-state index in [0.29, 0.717) is 6.07 Å². The molecule has 1 aromatic rings. The monoisotopic (exact) mass is 320 g/mol. The highest BCUT2D eigenvalue weighted by Gasteiger charge is 2.39. The van der Waals surface area contributed by atoms with E-state index in [4.69, 9.17) is 0 Å². The van der Waals surface area contributed by atoms with Gasteiger partial charge in [-0.3, -0.25) is 10.1 Å². The van der Waals surface area contributed by atoms with Crippen molar-refractivity contribution < 1.29 is 22.8 Å². The maximum absolute atomic E-state index is 13.8. The number of non-ortho nitro benzene ring substituents is 1. The number of nitrogens with one attached hydrogen (secondary N) is 1. The molecular weight excluding hydrogens is 303 g/mol. The average Bonchev–Trinajstić information content (AvgIpc) is 2.25. The number of benzene rings is 1. The second kappa shape index (κ2) is 5.32. The Morgan fingerprint density at radius 2 is 1.81 bits per heavy atom. The maximum atomic E-state index is 13.8. The van der Waals surface area contributed by atoms with E-state index in [2.05, 4.69) is 4.72 Å². The Hall–Kier alpha value is -1.58. The molecule has 0 aliphatic heterocycles. The molecule has 0 bridgehead atoms. The summed E-state index contributed by atoms with van der Waals surface area (Å²) in [5.74, 6) is -1.23. The first-order valence-corrected chi connectivity index (χ1v) is 7.46. The van der Waals surface area contributed by atoms with Crippen molar-refractivity contribution in [2.45, 2.75) is 43.7 Å². The number of sulfonamides is 1. The van der Waals surface area contributed by atoms with Gasteiger partial charge in [-0.2, -0.15) is 0 Å². The van der Waals surface area contributed by atoms with Gasteiger partial charge in [0.05, 0.1) is 22.1 Å². The molecule has 0 heterocycles. The minimum absolute atomic E-state index is 0.533. The first kappa shape index (κ1) is 17.5. The van der Waals surface area contributed by atoms with E-state index in [1.807, 2.05) is 0 Å². The molecule has 0 fully saturated rings. The summed E-state index contributed by atoms with van der Waals surface area (Å²) in [5, 5.41) is 20.4. The van der Waals surface area contributed by atoms with Gasteiger partial charge in [0.25, 0.3) is 5.69 Å². The van der Waals surface area contributed by atoms with Crippen LogP contribution in [0.3, 0.4) is 0 Å². The number of hydrogen-bond donors (Lipinski definition) is 2. The third-order valence-corrected chi connectivity index (χ3v) is 5.02. The van der Waals surface area contributed by atoms with E-state index >= 15 is 0 Å². The van der Waals surface area contributed by atoms with E-state index in [0.717, 1.165) is 12.1 Å². The fraction of sp³-hybridized carbons (Fsp3) is 0.500. The van der Waals surface area contributed by atoms with Gasteiger partial charge in [-0.05, 0) is 33.8 Å². The SMILES string of the molecule is CC(C)(O)C(C)(C)NS(=O)(=O)c1ccc([N+](=O)[O-])cc1F. The molecule has 118 valence electrons. The summed E-state index contributed by atoms with van der Waals surface area (Å²) >= 11 is 0. The second-order valence-corrected chi connectivity index (χ2v) is 7.31. The first-order valence-electron chi connectivity index (χ1n) is 5.98. The van der Waals surface area contributed by atoms with Crippen LogP contribution in [0, 0.1) is 15.9 Å². The van der Waals surface area contributed by atoms with Gasteiger partial charge in [-0.15, -0.1) is 0 Å². The van der Waals surface area contributed by atoms with Crippen LogP contribution in [0.4, 0.5) is 10.1 Å². The number of nitro groups is 1. The Kier molecular flexibility index (Phi) is 4.42. The standard InChI is InChI=1S/C12H17FN2O5S/c1-11(2,12(3,4)16)14-21(19,20)10-6-5-8(15(17)18)7-9(10)13/h5-7,14,16H,1-4H3. The number of nitrogens with zero attached hydrogens (tertiary/aromatic N) is 1. The average molecular weight is 320 g/mol. The van der Waals surface area contributed by atoms with Crippen molar-refractivity contribution >= 4 is 15.7 Å². The molecule has 9 heteroatoms. The van der Waals surface area contributed by atoms with E-state index in [1.54, 1.807) is 0 Å². The molecule has 0 aromatic heterocycles. The van der Waals surface area contributed by atoms with Crippen LogP contribution in [0.1, 0.15) is 27.7 Å². The van der Waals surface area contributed by atoms with Crippen LogP contribution < -0.4 is 4.72 Å². The van der Waals surface area contributed by atoms with E-state index in [9.17, 15) is 28.0 Å². The van der Waals surface area contributed by atoms with Gasteiger partial charge in [0.15, 0.2) is 0 Å². The van der Waals surface area contributed by atoms with Crippen molar-refractivity contribution in [3.05, 3.63) is 34.1 Å². The second-order valence-electron chi connectivity index (χ2n) is 5.66. The third-order valence-electron chi connectivity index (χ3n) is 3.33. The van der Waals surface area contributed by atoms with Gasteiger partial charge >= 0.3 is 0 Å². The topological polar surface area (TPSA) is 110 Å². The van der Waals surface area contributed by atoms with Crippen LogP contribution in [0.15, 0.2) is 23.1 Å². The van der Waals surface area contributed by atoms with E-state index in [-0.39, 0.29) is 0 Å². The highest BCUT2D eigenvalue weighted by molar-refractivity contribution is 7.89. The minimum atomic E-state index is -4.28. The summed E-state index contributed by atoms with van der Waals surface area (Å²) in [6.45, 7) is 5.69. The molecule has 0 unspecified atom stereocenters. The number of rotatable bonds is 5. The van der Waals surface area contributed by atoms with Crippen LogP contribution in [0.2, 0.25) is 0 Å². The molecule has 7 nitrogen and oxygen atoms in total. The first-order chi connectivity index (χ1) is 9.28. The van der Waals surface area contributed by atoms with Gasteiger partial charge < -0.3 is 5.11 Å². The lowest BCUT2D eigenvalue weighted by molar-refractivity contribution is -0.385. The van der Waals surface area contributed by atoms with Gasteiger partial charge in [0, 0.05) is 6.07 Å². The van der Waals surface area contributed by atoms with Gasteiger partial charge in [-0.25, -0.2) is 17.5 Å². The van der Waals surface area contributed by atoms with Crippen molar-refractivity contribution in [1.82, 2.24) is 4.72 Å². The molecule has 0 aliphatic carbocycles. The fourth-order valence-corrected chi connectivity index (χ4v) is 2.93. The Balaban J connectivity index is 3.24. The summed E-state index contributed by atoms with van der Waals surface area (Å²) in [7, 11) is -4.28. The number of hydrogen-bond acceptors (Lipinski definition) is 5. The Morgan fingerprint density at radius 1 is 1.29 bits per heavy atom. The van der Waals surface area contributed by atoms with E-state index in [1.165, 1.54) is 27.7 Å². The predicted molar refractivity (Wildman–Crippen MR) is 73.8 cm³/mol. The third kappa shape index (κ3) is 3.74. The van der Waals surface area contributed by atoms with Crippen molar-refractivity contribution in [2.24, 2.45) is 0 Å². The molecule has 0 saturated carbocycles. The molecular formula is C12H17FN2O5S. The van der Waals surface area contributed by atoms with Crippen LogP contribution in [-0.4, -0.2) is 29.6 Å². The van der Waals surface area contributed by atoms with Gasteiger partial charge in [-0.1, -0.05) is 0 Å². The zero-order valence-corrected chi connectivity index (χ0v) is 12.9. The molecule has 0 aliphatic rings.